The van der Waals surface area contributed by atoms with E-state index in [0.717, 1.165) is 0 Å². The van der Waals surface area contributed by atoms with Crippen molar-refractivity contribution < 1.29 is 9.26 Å². The van der Waals surface area contributed by atoms with E-state index < -0.39 is 4.27 Å². The number of nitrogens with zero attached hydrogens (tertiary/aromatic N) is 1. The fraction of sp³-hybridized carbons (Fsp3) is 0.308. The fourth-order valence-electron chi connectivity index (χ4n) is 1.83. The number of halogens is 2. The summed E-state index contributed by atoms with van der Waals surface area (Å²) >= 11 is 15.4. The molecule has 0 spiro atoms. The molecule has 0 fully saturated rings. The lowest BCUT2D eigenvalue weighted by molar-refractivity contribution is 0.120. The van der Waals surface area contributed by atoms with Crippen LogP contribution in [-0.4, -0.2) is 24.8 Å². The lowest BCUT2D eigenvalue weighted by Gasteiger charge is -2.24. The zero-order chi connectivity index (χ0) is 14.8. The summed E-state index contributed by atoms with van der Waals surface area (Å²) in [6, 6.07) is 7.13. The van der Waals surface area contributed by atoms with Gasteiger partial charge in [-0.1, -0.05) is 34.4 Å². The molecule has 0 aliphatic carbocycles. The topological polar surface area (TPSA) is 35.3 Å². The van der Waals surface area contributed by atoms with Crippen LogP contribution in [0.25, 0.3) is 11.3 Å². The molecule has 0 saturated carbocycles. The molecule has 1 aromatic heterocycles. The average molecular weight is 350 g/mol. The second-order valence-corrected chi connectivity index (χ2v) is 6.88. The van der Waals surface area contributed by atoms with Crippen LogP contribution in [0.5, 0.6) is 0 Å². The molecule has 108 valence electrons. The molecule has 2 aromatic rings. The molecule has 0 aliphatic heterocycles. The second-order valence-electron chi connectivity index (χ2n) is 3.84. The summed E-state index contributed by atoms with van der Waals surface area (Å²) in [4.78, 5) is 0. The maximum absolute atomic E-state index is 6.18. The molecule has 0 atom stereocenters. The third kappa shape index (κ3) is 2.83. The molecule has 0 amide bonds. The van der Waals surface area contributed by atoms with E-state index in [2.05, 4.69) is 5.16 Å². The van der Waals surface area contributed by atoms with Crippen LogP contribution in [0.3, 0.4) is 0 Å². The van der Waals surface area contributed by atoms with Crippen molar-refractivity contribution in [3.05, 3.63) is 40.1 Å². The Balaban J connectivity index is 2.48. The van der Waals surface area contributed by atoms with Gasteiger partial charge in [-0.15, -0.1) is 23.5 Å². The normalized spacial score (nSPS) is 11.8. The molecule has 0 saturated heterocycles. The van der Waals surface area contributed by atoms with E-state index in [1.807, 2.05) is 18.6 Å². The van der Waals surface area contributed by atoms with Gasteiger partial charge in [0.05, 0.1) is 10.0 Å². The predicted octanol–water partition coefficient (Wildman–Crippen LogP) is 5.13. The van der Waals surface area contributed by atoms with E-state index in [4.69, 9.17) is 32.5 Å². The van der Waals surface area contributed by atoms with Crippen LogP contribution < -0.4 is 0 Å². The highest BCUT2D eigenvalue weighted by Gasteiger charge is 2.35. The van der Waals surface area contributed by atoms with Gasteiger partial charge in [-0.3, -0.25) is 0 Å². The molecular weight excluding hydrogens is 337 g/mol. The summed E-state index contributed by atoms with van der Waals surface area (Å²) in [7, 11) is 1.64. The Labute approximate surface area is 136 Å². The molecule has 0 unspecified atom stereocenters. The minimum Gasteiger partial charge on any atom is -0.356 e. The van der Waals surface area contributed by atoms with Crippen LogP contribution in [0.15, 0.2) is 28.8 Å². The first-order chi connectivity index (χ1) is 9.57. The Kier molecular flexibility index (Phi) is 5.31. The van der Waals surface area contributed by atoms with Crippen molar-refractivity contribution in [2.24, 2.45) is 0 Å². The van der Waals surface area contributed by atoms with Crippen LogP contribution in [0.2, 0.25) is 10.0 Å². The number of hydrogen-bond acceptors (Lipinski definition) is 5. The Morgan fingerprint density at radius 3 is 2.30 bits per heavy atom. The number of rotatable bonds is 5. The zero-order valence-electron chi connectivity index (χ0n) is 11.1. The van der Waals surface area contributed by atoms with Gasteiger partial charge < -0.3 is 9.26 Å². The summed E-state index contributed by atoms with van der Waals surface area (Å²) in [5.41, 5.74) is 1.26. The third-order valence-corrected chi connectivity index (χ3v) is 6.28. The van der Waals surface area contributed by atoms with Crippen molar-refractivity contribution in [3.63, 3.8) is 0 Å². The predicted molar refractivity (Wildman–Crippen MR) is 87.7 cm³/mol. The van der Waals surface area contributed by atoms with E-state index in [1.165, 1.54) is 23.5 Å². The van der Waals surface area contributed by atoms with Crippen LogP contribution in [0, 0.1) is 0 Å². The summed E-state index contributed by atoms with van der Waals surface area (Å²) in [5.74, 6) is 0.617. The van der Waals surface area contributed by atoms with E-state index in [0.29, 0.717) is 27.1 Å². The Morgan fingerprint density at radius 1 is 1.20 bits per heavy atom. The van der Waals surface area contributed by atoms with Crippen molar-refractivity contribution in [2.75, 3.05) is 19.6 Å². The molecule has 7 heteroatoms. The van der Waals surface area contributed by atoms with Gasteiger partial charge in [0.1, 0.15) is 5.69 Å². The quantitative estimate of drug-likeness (QED) is 0.699. The number of ether oxygens (including phenoxy) is 1. The van der Waals surface area contributed by atoms with Crippen molar-refractivity contribution in [3.8, 4) is 11.3 Å². The van der Waals surface area contributed by atoms with Crippen LogP contribution in [0.4, 0.5) is 0 Å². The highest BCUT2D eigenvalue weighted by molar-refractivity contribution is 8.16. The SMILES string of the molecule is COC(SC)(SC)c1cc(-c2c(Cl)cccc2Cl)no1. The van der Waals surface area contributed by atoms with Gasteiger partial charge in [0.2, 0.25) is 4.27 Å². The van der Waals surface area contributed by atoms with Gasteiger partial charge in [0, 0.05) is 18.7 Å². The van der Waals surface area contributed by atoms with Crippen molar-refractivity contribution >= 4 is 46.7 Å². The lowest BCUT2D eigenvalue weighted by atomic mass is 10.1. The van der Waals surface area contributed by atoms with E-state index in [1.54, 1.807) is 25.3 Å². The van der Waals surface area contributed by atoms with Gasteiger partial charge in [-0.05, 0) is 24.6 Å². The fourth-order valence-corrected chi connectivity index (χ4v) is 4.02. The van der Waals surface area contributed by atoms with Crippen molar-refractivity contribution in [1.29, 1.82) is 0 Å². The standard InChI is InChI=1S/C13H13Cl2NO2S2/c1-17-13(19-2,20-3)11-7-10(16-18-11)12-8(14)5-4-6-9(12)15/h4-7H,1-3H3. The minimum absolute atomic E-state index is 0.536. The summed E-state index contributed by atoms with van der Waals surface area (Å²) in [5, 5.41) is 5.14. The van der Waals surface area contributed by atoms with Crippen LogP contribution >= 0.6 is 46.7 Å². The second kappa shape index (κ2) is 6.62. The maximum Gasteiger partial charge on any atom is 0.221 e. The number of hydrogen-bond donors (Lipinski definition) is 0. The van der Waals surface area contributed by atoms with Crippen molar-refractivity contribution in [1.82, 2.24) is 5.16 Å². The highest BCUT2D eigenvalue weighted by atomic mass is 35.5. The van der Waals surface area contributed by atoms with Crippen molar-refractivity contribution in [2.45, 2.75) is 4.27 Å². The number of aromatic nitrogens is 1. The first-order valence-corrected chi connectivity index (χ1v) is 8.85. The molecule has 0 bridgehead atoms. The minimum atomic E-state index is -0.626. The first kappa shape index (κ1) is 16.0. The van der Waals surface area contributed by atoms with E-state index in [-0.39, 0.29) is 0 Å². The third-order valence-electron chi connectivity index (χ3n) is 2.84. The number of methoxy groups -OCH3 is 1. The molecule has 20 heavy (non-hydrogen) atoms. The van der Waals surface area contributed by atoms with E-state index >= 15 is 0 Å². The zero-order valence-corrected chi connectivity index (χ0v) is 14.3. The van der Waals surface area contributed by atoms with Gasteiger partial charge in [0.25, 0.3) is 0 Å². The summed E-state index contributed by atoms with van der Waals surface area (Å²) in [6.45, 7) is 0. The summed E-state index contributed by atoms with van der Waals surface area (Å²) in [6.07, 6.45) is 3.90. The van der Waals surface area contributed by atoms with Gasteiger partial charge in [-0.25, -0.2) is 0 Å². The van der Waals surface area contributed by atoms with Crippen LogP contribution in [-0.2, 0) is 9.00 Å². The Morgan fingerprint density at radius 2 is 1.80 bits per heavy atom. The maximum atomic E-state index is 6.18. The Bertz CT molecular complexity index is 571. The van der Waals surface area contributed by atoms with Gasteiger partial charge >= 0.3 is 0 Å². The average Bonchev–Trinajstić information content (AvgIpc) is 2.91. The molecule has 0 radical (unpaired) electrons. The molecule has 3 nitrogen and oxygen atoms in total. The molecular formula is C13H13Cl2NO2S2. The molecule has 1 aromatic carbocycles. The van der Waals surface area contributed by atoms with Gasteiger partial charge in [-0.2, -0.15) is 0 Å². The lowest BCUT2D eigenvalue weighted by Crippen LogP contribution is -2.18. The number of benzene rings is 1. The highest BCUT2D eigenvalue weighted by Crippen LogP contribution is 2.46. The summed E-state index contributed by atoms with van der Waals surface area (Å²) < 4.78 is 10.4. The van der Waals surface area contributed by atoms with Crippen LogP contribution in [0.1, 0.15) is 5.76 Å². The smallest absolute Gasteiger partial charge is 0.221 e. The molecule has 0 aliphatic rings. The molecule has 1 heterocycles. The van der Waals surface area contributed by atoms with Gasteiger partial charge in [0.15, 0.2) is 5.76 Å². The molecule has 0 N–H and O–H groups in total. The first-order valence-electron chi connectivity index (χ1n) is 5.65. The van der Waals surface area contributed by atoms with E-state index in [9.17, 15) is 0 Å². The number of thioether (sulfide) groups is 2. The Hall–Kier alpha value is -0.330. The monoisotopic (exact) mass is 349 g/mol. The largest absolute Gasteiger partial charge is 0.356 e. The molecule has 2 rings (SSSR count).